The Morgan fingerprint density at radius 2 is 1.92 bits per heavy atom. The first-order valence-electron chi connectivity index (χ1n) is 7.65. The normalized spacial score (nSPS) is 12.7. The van der Waals surface area contributed by atoms with Crippen molar-refractivity contribution < 1.29 is 28.0 Å². The van der Waals surface area contributed by atoms with Gasteiger partial charge in [0, 0.05) is 26.1 Å². The molecule has 0 saturated carbocycles. The number of benzene rings is 1. The minimum absolute atomic E-state index is 0.134. The van der Waals surface area contributed by atoms with E-state index in [-0.39, 0.29) is 18.7 Å². The topological polar surface area (TPSA) is 147 Å². The maximum Gasteiger partial charge on any atom is 0.321 e. The van der Waals surface area contributed by atoms with Crippen LogP contribution in [-0.4, -0.2) is 53.8 Å². The molecule has 2 N–H and O–H groups in total. The van der Waals surface area contributed by atoms with Gasteiger partial charge in [0.2, 0.25) is 5.91 Å². The van der Waals surface area contributed by atoms with Crippen LogP contribution in [-0.2, 0) is 19.6 Å². The van der Waals surface area contributed by atoms with Gasteiger partial charge in [0.15, 0.2) is 4.90 Å². The summed E-state index contributed by atoms with van der Waals surface area (Å²) >= 11 is 0. The van der Waals surface area contributed by atoms with Crippen molar-refractivity contribution in [2.24, 2.45) is 0 Å². The van der Waals surface area contributed by atoms with Crippen molar-refractivity contribution >= 4 is 27.6 Å². The molecule has 0 heterocycles. The lowest BCUT2D eigenvalue weighted by atomic mass is 10.1. The van der Waals surface area contributed by atoms with Crippen molar-refractivity contribution in [3.8, 4) is 0 Å². The quantitative estimate of drug-likeness (QED) is 0.495. The average molecular weight is 387 g/mol. The fourth-order valence-corrected chi connectivity index (χ4v) is 4.38. The van der Waals surface area contributed by atoms with Crippen molar-refractivity contribution in [2.45, 2.75) is 38.6 Å². The predicted octanol–water partition coefficient (Wildman–Crippen LogP) is 0.812. The number of aliphatic carboxylic acids is 1. The molecular formula is C15H21N3O7S. The Balaban J connectivity index is 3.54. The number of sulfonamides is 1. The van der Waals surface area contributed by atoms with Crippen molar-refractivity contribution in [3.05, 3.63) is 33.4 Å². The Kier molecular flexibility index (Phi) is 6.81. The van der Waals surface area contributed by atoms with Crippen LogP contribution in [0.4, 0.5) is 5.69 Å². The van der Waals surface area contributed by atoms with E-state index in [1.165, 1.54) is 19.9 Å². The molecule has 0 spiro atoms. The highest BCUT2D eigenvalue weighted by Crippen LogP contribution is 2.32. The highest BCUT2D eigenvalue weighted by atomic mass is 32.2. The molecule has 0 bridgehead atoms. The van der Waals surface area contributed by atoms with Crippen LogP contribution in [0.15, 0.2) is 17.0 Å². The second-order valence-corrected chi connectivity index (χ2v) is 7.55. The third kappa shape index (κ3) is 4.55. The number of nitro benzene ring substituents is 1. The third-order valence-electron chi connectivity index (χ3n) is 3.91. The van der Waals surface area contributed by atoms with Crippen LogP contribution in [0.5, 0.6) is 0 Å². The number of nitro groups is 1. The van der Waals surface area contributed by atoms with Crippen molar-refractivity contribution in [2.75, 3.05) is 13.1 Å². The number of carbonyl (C=O) groups excluding carboxylic acids is 1. The Bertz CT molecular complexity index is 836. The zero-order valence-electron chi connectivity index (χ0n) is 14.8. The Labute approximate surface area is 151 Å². The van der Waals surface area contributed by atoms with Gasteiger partial charge in [0.25, 0.3) is 15.7 Å². The minimum Gasteiger partial charge on any atom is -0.480 e. The molecule has 0 aliphatic rings. The largest absolute Gasteiger partial charge is 0.480 e. The molecular weight excluding hydrogens is 366 g/mol. The molecule has 11 heteroatoms. The van der Waals surface area contributed by atoms with E-state index in [0.717, 1.165) is 13.0 Å². The van der Waals surface area contributed by atoms with Gasteiger partial charge >= 0.3 is 5.97 Å². The van der Waals surface area contributed by atoms with Gasteiger partial charge < -0.3 is 10.4 Å². The van der Waals surface area contributed by atoms with E-state index >= 15 is 0 Å². The van der Waals surface area contributed by atoms with Gasteiger partial charge in [0.05, 0.1) is 4.92 Å². The summed E-state index contributed by atoms with van der Waals surface area (Å²) in [4.78, 5) is 32.3. The highest BCUT2D eigenvalue weighted by Gasteiger charge is 2.38. The summed E-state index contributed by atoms with van der Waals surface area (Å²) in [6.07, 6.45) is 0. The number of amides is 1. The standard InChI is InChI=1S/C15H21N3O7S/c1-9-5-6-13(18(22)23)14(10(9)2)26(24,25)17(11(3)15(20)21)8-7-16-12(4)19/h5-6,11H,7-8H2,1-4H3,(H,16,19)(H,20,21). The summed E-state index contributed by atoms with van der Waals surface area (Å²) in [5.74, 6) is -1.83. The summed E-state index contributed by atoms with van der Waals surface area (Å²) in [5.41, 5.74) is 0.0514. The fourth-order valence-electron chi connectivity index (χ4n) is 2.35. The summed E-state index contributed by atoms with van der Waals surface area (Å²) < 4.78 is 26.8. The van der Waals surface area contributed by atoms with Gasteiger partial charge in [-0.25, -0.2) is 8.42 Å². The van der Waals surface area contributed by atoms with E-state index in [2.05, 4.69) is 5.32 Å². The Hall–Kier alpha value is -2.53. The smallest absolute Gasteiger partial charge is 0.321 e. The maximum absolute atomic E-state index is 13.1. The second-order valence-electron chi connectivity index (χ2n) is 5.73. The van der Waals surface area contributed by atoms with Crippen molar-refractivity contribution in [3.63, 3.8) is 0 Å². The summed E-state index contributed by atoms with van der Waals surface area (Å²) in [6, 6.07) is 1.02. The van der Waals surface area contributed by atoms with Crippen LogP contribution in [0.1, 0.15) is 25.0 Å². The lowest BCUT2D eigenvalue weighted by Crippen LogP contribution is -2.46. The molecule has 0 radical (unpaired) electrons. The SMILES string of the molecule is CC(=O)NCCN(C(C)C(=O)O)S(=O)(=O)c1c([N+](=O)[O-])ccc(C)c1C. The first kappa shape index (κ1) is 21.5. The summed E-state index contributed by atoms with van der Waals surface area (Å²) in [7, 11) is -4.51. The number of nitrogens with zero attached hydrogens (tertiary/aromatic N) is 2. The number of nitrogens with one attached hydrogen (secondary N) is 1. The number of carboxylic acid groups (broad SMARTS) is 1. The molecule has 0 saturated heterocycles. The van der Waals surface area contributed by atoms with E-state index in [4.69, 9.17) is 0 Å². The third-order valence-corrected chi connectivity index (χ3v) is 6.06. The zero-order valence-corrected chi connectivity index (χ0v) is 15.7. The number of aryl methyl sites for hydroxylation is 1. The molecule has 1 aromatic rings. The van der Waals surface area contributed by atoms with Crippen LogP contribution in [0.2, 0.25) is 0 Å². The van der Waals surface area contributed by atoms with Crippen molar-refractivity contribution in [1.29, 1.82) is 0 Å². The molecule has 26 heavy (non-hydrogen) atoms. The number of hydrogen-bond acceptors (Lipinski definition) is 6. The molecule has 1 rings (SSSR count). The first-order chi connectivity index (χ1) is 11.9. The number of carbonyl (C=O) groups is 2. The van der Waals surface area contributed by atoms with Crippen molar-refractivity contribution in [1.82, 2.24) is 9.62 Å². The molecule has 10 nitrogen and oxygen atoms in total. The lowest BCUT2D eigenvalue weighted by Gasteiger charge is -2.26. The van der Waals surface area contributed by atoms with E-state index in [9.17, 15) is 33.2 Å². The van der Waals surface area contributed by atoms with Gasteiger partial charge in [-0.2, -0.15) is 4.31 Å². The highest BCUT2D eigenvalue weighted by molar-refractivity contribution is 7.89. The number of hydrogen-bond donors (Lipinski definition) is 2. The van der Waals surface area contributed by atoms with Crippen LogP contribution in [0, 0.1) is 24.0 Å². The fraction of sp³-hybridized carbons (Fsp3) is 0.467. The first-order valence-corrected chi connectivity index (χ1v) is 9.09. The van der Waals surface area contributed by atoms with Crippen LogP contribution >= 0.6 is 0 Å². The Morgan fingerprint density at radius 1 is 1.35 bits per heavy atom. The number of carboxylic acids is 1. The van der Waals surface area contributed by atoms with Crippen LogP contribution < -0.4 is 5.32 Å². The molecule has 0 aliphatic carbocycles. The van der Waals surface area contributed by atoms with Gasteiger partial charge in [-0.05, 0) is 31.9 Å². The molecule has 1 aromatic carbocycles. The van der Waals surface area contributed by atoms with E-state index < -0.39 is 43.4 Å². The molecule has 1 atom stereocenters. The van der Waals surface area contributed by atoms with Gasteiger partial charge in [0.1, 0.15) is 6.04 Å². The van der Waals surface area contributed by atoms with Gasteiger partial charge in [-0.1, -0.05) is 6.07 Å². The molecule has 0 aromatic heterocycles. The Morgan fingerprint density at radius 3 is 2.38 bits per heavy atom. The monoisotopic (exact) mass is 387 g/mol. The predicted molar refractivity (Wildman–Crippen MR) is 92.2 cm³/mol. The molecule has 0 fully saturated rings. The second kappa shape index (κ2) is 8.23. The van der Waals surface area contributed by atoms with E-state index in [1.807, 2.05) is 0 Å². The molecule has 0 aliphatic heterocycles. The molecule has 1 amide bonds. The minimum atomic E-state index is -4.51. The summed E-state index contributed by atoms with van der Waals surface area (Å²) in [6.45, 7) is 4.93. The van der Waals surface area contributed by atoms with E-state index in [0.29, 0.717) is 9.87 Å². The summed E-state index contributed by atoms with van der Waals surface area (Å²) in [5, 5.41) is 22.9. The van der Waals surface area contributed by atoms with Crippen LogP contribution in [0.25, 0.3) is 0 Å². The average Bonchev–Trinajstić information content (AvgIpc) is 2.52. The van der Waals surface area contributed by atoms with Crippen LogP contribution in [0.3, 0.4) is 0 Å². The van der Waals surface area contributed by atoms with Gasteiger partial charge in [-0.15, -0.1) is 0 Å². The van der Waals surface area contributed by atoms with Gasteiger partial charge in [-0.3, -0.25) is 19.7 Å². The number of rotatable bonds is 8. The molecule has 1 unspecified atom stereocenters. The lowest BCUT2D eigenvalue weighted by molar-refractivity contribution is -0.388. The zero-order chi connectivity index (χ0) is 20.2. The maximum atomic E-state index is 13.1. The van der Waals surface area contributed by atoms with E-state index in [1.54, 1.807) is 6.92 Å². The molecule has 144 valence electrons.